The molecule has 1 rings (SSSR count). The molecule has 0 aliphatic rings. The Labute approximate surface area is 91.8 Å². The van der Waals surface area contributed by atoms with Crippen molar-refractivity contribution < 1.29 is 9.59 Å². The number of hydrogen-bond donors (Lipinski definition) is 0. The fourth-order valence-electron chi connectivity index (χ4n) is 1.39. The average Bonchev–Trinajstić information content (AvgIpc) is 2.01. The summed E-state index contributed by atoms with van der Waals surface area (Å²) in [6.07, 6.45) is 0. The molecule has 0 fully saturated rings. The average molecular weight is 231 g/mol. The van der Waals surface area contributed by atoms with Gasteiger partial charge in [-0.15, -0.1) is 0 Å². The number of aryl methyl sites for hydroxylation is 2. The third-order valence-corrected chi connectivity index (χ3v) is 2.36. The second-order valence-electron chi connectivity index (χ2n) is 3.03. The Bertz CT molecular complexity index is 388. The van der Waals surface area contributed by atoms with Crippen LogP contribution in [0.2, 0.25) is 0 Å². The molecule has 14 heavy (non-hydrogen) atoms. The van der Waals surface area contributed by atoms with E-state index in [0.717, 1.165) is 0 Å². The highest BCUT2D eigenvalue weighted by atomic mass is 35.5. The summed E-state index contributed by atoms with van der Waals surface area (Å²) in [5.74, 6) is 0. The van der Waals surface area contributed by atoms with E-state index in [1.54, 1.807) is 26.0 Å². The molecule has 0 spiro atoms. The lowest BCUT2D eigenvalue weighted by molar-refractivity contribution is 0.106. The molecule has 0 N–H and O–H groups in total. The lowest BCUT2D eigenvalue weighted by Gasteiger charge is -2.06. The van der Waals surface area contributed by atoms with Gasteiger partial charge in [0, 0.05) is 11.1 Å². The molecule has 0 aromatic heterocycles. The quantitative estimate of drug-likeness (QED) is 0.733. The van der Waals surface area contributed by atoms with Gasteiger partial charge in [-0.2, -0.15) is 0 Å². The van der Waals surface area contributed by atoms with Crippen molar-refractivity contribution in [3.8, 4) is 0 Å². The Hall–Kier alpha value is -0.860. The summed E-state index contributed by atoms with van der Waals surface area (Å²) in [6, 6.07) is 3.11. The van der Waals surface area contributed by atoms with E-state index in [2.05, 4.69) is 0 Å². The summed E-state index contributed by atoms with van der Waals surface area (Å²) in [6.45, 7) is 3.43. The predicted molar refractivity (Wildman–Crippen MR) is 56.3 cm³/mol. The number of carbonyl (C=O) groups excluding carboxylic acids is 2. The van der Waals surface area contributed by atoms with Gasteiger partial charge in [-0.25, -0.2) is 0 Å². The monoisotopic (exact) mass is 230 g/mol. The van der Waals surface area contributed by atoms with Crippen molar-refractivity contribution in [3.05, 3.63) is 34.4 Å². The van der Waals surface area contributed by atoms with E-state index in [-0.39, 0.29) is 0 Å². The third kappa shape index (κ3) is 2.14. The molecule has 4 heteroatoms. The second-order valence-corrected chi connectivity index (χ2v) is 3.72. The molecule has 0 aliphatic heterocycles. The summed E-state index contributed by atoms with van der Waals surface area (Å²) in [7, 11) is 0. The molecule has 0 unspecified atom stereocenters. The van der Waals surface area contributed by atoms with E-state index in [1.807, 2.05) is 0 Å². The first-order valence-electron chi connectivity index (χ1n) is 3.94. The zero-order valence-corrected chi connectivity index (χ0v) is 9.24. The zero-order chi connectivity index (χ0) is 10.9. The third-order valence-electron chi connectivity index (χ3n) is 1.96. The highest BCUT2D eigenvalue weighted by molar-refractivity contribution is 6.68. The summed E-state index contributed by atoms with van der Waals surface area (Å²) >= 11 is 10.7. The van der Waals surface area contributed by atoms with E-state index in [4.69, 9.17) is 23.2 Å². The molecule has 1 aromatic rings. The van der Waals surface area contributed by atoms with E-state index in [9.17, 15) is 9.59 Å². The minimum atomic E-state index is -0.537. The minimum absolute atomic E-state index is 0.378. The van der Waals surface area contributed by atoms with Crippen LogP contribution in [0.5, 0.6) is 0 Å². The van der Waals surface area contributed by atoms with Gasteiger partial charge in [0.05, 0.1) is 0 Å². The molecular formula is C10H8Cl2O2. The summed E-state index contributed by atoms with van der Waals surface area (Å²) in [4.78, 5) is 21.9. The standard InChI is InChI=1S/C10H8Cl2O2/c1-5-3-7(9(11)13)4-6(2)8(5)10(12)14/h3-4H,1-2H3. The van der Waals surface area contributed by atoms with E-state index in [1.165, 1.54) is 0 Å². The molecule has 0 heterocycles. The Morgan fingerprint density at radius 1 is 1.00 bits per heavy atom. The highest BCUT2D eigenvalue weighted by Gasteiger charge is 2.12. The van der Waals surface area contributed by atoms with E-state index in [0.29, 0.717) is 22.3 Å². The number of hydrogen-bond acceptors (Lipinski definition) is 2. The van der Waals surface area contributed by atoms with E-state index >= 15 is 0 Å². The molecular weight excluding hydrogens is 223 g/mol. The van der Waals surface area contributed by atoms with Crippen LogP contribution < -0.4 is 0 Å². The first kappa shape index (κ1) is 11.2. The van der Waals surface area contributed by atoms with Gasteiger partial charge in [-0.05, 0) is 60.3 Å². The van der Waals surface area contributed by atoms with Gasteiger partial charge in [-0.1, -0.05) is 0 Å². The fourth-order valence-corrected chi connectivity index (χ4v) is 1.79. The highest BCUT2D eigenvalue weighted by Crippen LogP contribution is 2.19. The number of rotatable bonds is 2. The summed E-state index contributed by atoms with van der Waals surface area (Å²) in [5, 5.41) is -1.06. The number of halogens is 2. The van der Waals surface area contributed by atoms with Crippen LogP contribution in [0, 0.1) is 13.8 Å². The SMILES string of the molecule is Cc1cc(C(=O)Cl)cc(C)c1C(=O)Cl. The lowest BCUT2D eigenvalue weighted by atomic mass is 10.0. The van der Waals surface area contributed by atoms with Crippen molar-refractivity contribution in [3.63, 3.8) is 0 Å². The van der Waals surface area contributed by atoms with Gasteiger partial charge < -0.3 is 0 Å². The minimum Gasteiger partial charge on any atom is -0.276 e. The Morgan fingerprint density at radius 3 is 1.71 bits per heavy atom. The maximum Gasteiger partial charge on any atom is 0.252 e. The molecule has 0 saturated carbocycles. The van der Waals surface area contributed by atoms with Crippen LogP contribution >= 0.6 is 23.2 Å². The number of carbonyl (C=O) groups is 2. The van der Waals surface area contributed by atoms with Crippen LogP contribution in [0.4, 0.5) is 0 Å². The van der Waals surface area contributed by atoms with Gasteiger partial charge >= 0.3 is 0 Å². The zero-order valence-electron chi connectivity index (χ0n) is 7.73. The summed E-state index contributed by atoms with van der Waals surface area (Å²) < 4.78 is 0. The Morgan fingerprint density at radius 2 is 1.43 bits per heavy atom. The molecule has 0 radical (unpaired) electrons. The molecule has 0 atom stereocenters. The molecule has 0 amide bonds. The first-order valence-corrected chi connectivity index (χ1v) is 4.70. The van der Waals surface area contributed by atoms with Crippen molar-refractivity contribution in [1.82, 2.24) is 0 Å². The van der Waals surface area contributed by atoms with Crippen LogP contribution in [-0.2, 0) is 0 Å². The van der Waals surface area contributed by atoms with Crippen molar-refractivity contribution in [2.75, 3.05) is 0 Å². The molecule has 74 valence electrons. The van der Waals surface area contributed by atoms with Crippen LogP contribution in [0.15, 0.2) is 12.1 Å². The van der Waals surface area contributed by atoms with E-state index < -0.39 is 10.5 Å². The van der Waals surface area contributed by atoms with Gasteiger partial charge in [0.1, 0.15) is 0 Å². The van der Waals surface area contributed by atoms with Crippen LogP contribution in [0.25, 0.3) is 0 Å². The van der Waals surface area contributed by atoms with Gasteiger partial charge in [0.2, 0.25) is 0 Å². The lowest BCUT2D eigenvalue weighted by Crippen LogP contribution is -2.01. The van der Waals surface area contributed by atoms with Crippen molar-refractivity contribution in [2.24, 2.45) is 0 Å². The van der Waals surface area contributed by atoms with Crippen molar-refractivity contribution in [1.29, 1.82) is 0 Å². The first-order chi connectivity index (χ1) is 6.43. The van der Waals surface area contributed by atoms with Gasteiger partial charge in [0.25, 0.3) is 10.5 Å². The normalized spacial score (nSPS) is 10.0. The van der Waals surface area contributed by atoms with Gasteiger partial charge in [0.15, 0.2) is 0 Å². The fraction of sp³-hybridized carbons (Fsp3) is 0.200. The predicted octanol–water partition coefficient (Wildman–Crippen LogP) is 3.06. The van der Waals surface area contributed by atoms with Crippen molar-refractivity contribution in [2.45, 2.75) is 13.8 Å². The van der Waals surface area contributed by atoms with Crippen molar-refractivity contribution >= 4 is 33.7 Å². The molecule has 0 saturated heterocycles. The maximum atomic E-state index is 11.0. The molecule has 2 nitrogen and oxygen atoms in total. The van der Waals surface area contributed by atoms with Crippen LogP contribution in [0.3, 0.4) is 0 Å². The molecule has 0 aliphatic carbocycles. The smallest absolute Gasteiger partial charge is 0.252 e. The number of benzene rings is 1. The molecule has 1 aromatic carbocycles. The van der Waals surface area contributed by atoms with Gasteiger partial charge in [-0.3, -0.25) is 9.59 Å². The largest absolute Gasteiger partial charge is 0.276 e. The molecule has 0 bridgehead atoms. The summed E-state index contributed by atoms with van der Waals surface area (Å²) in [5.41, 5.74) is 2.14. The second kappa shape index (κ2) is 4.11. The Balaban J connectivity index is 3.39. The van der Waals surface area contributed by atoms with Crippen LogP contribution in [0.1, 0.15) is 31.8 Å². The maximum absolute atomic E-state index is 11.0. The Kier molecular flexibility index (Phi) is 3.29. The van der Waals surface area contributed by atoms with Crippen LogP contribution in [-0.4, -0.2) is 10.5 Å². The topological polar surface area (TPSA) is 34.1 Å².